The number of rotatable bonds is 7. The summed E-state index contributed by atoms with van der Waals surface area (Å²) in [4.78, 5) is 14.7. The standard InChI is InChI=1S/C18H25N3O4S/c1-20(2)26(23,24)15-8-9-17(21-11-5-3-6-12-21)16(14-15)18(22)25-13-7-4-10-19/h8-9,14H,3-7,11-13H2,1-2H3. The second kappa shape index (κ2) is 9.01. The minimum Gasteiger partial charge on any atom is -0.462 e. The van der Waals surface area contributed by atoms with E-state index in [-0.39, 0.29) is 17.1 Å². The first-order valence-corrected chi connectivity index (χ1v) is 10.2. The molecule has 26 heavy (non-hydrogen) atoms. The van der Waals surface area contributed by atoms with Crippen molar-refractivity contribution in [1.82, 2.24) is 4.31 Å². The Morgan fingerprint density at radius 3 is 2.58 bits per heavy atom. The molecule has 0 spiro atoms. The molecule has 0 unspecified atom stereocenters. The minimum absolute atomic E-state index is 0.0623. The summed E-state index contributed by atoms with van der Waals surface area (Å²) in [6, 6.07) is 6.62. The van der Waals surface area contributed by atoms with Crippen LogP contribution in [0.2, 0.25) is 0 Å². The van der Waals surface area contributed by atoms with E-state index >= 15 is 0 Å². The highest BCUT2D eigenvalue weighted by molar-refractivity contribution is 7.89. The van der Waals surface area contributed by atoms with Gasteiger partial charge in [0, 0.05) is 33.6 Å². The zero-order valence-electron chi connectivity index (χ0n) is 15.3. The van der Waals surface area contributed by atoms with Gasteiger partial charge in [-0.25, -0.2) is 17.5 Å². The normalized spacial score (nSPS) is 14.9. The Labute approximate surface area is 155 Å². The van der Waals surface area contributed by atoms with E-state index in [1.54, 1.807) is 6.07 Å². The molecule has 1 aromatic carbocycles. The third-order valence-corrected chi connectivity index (χ3v) is 6.14. The molecule has 0 aliphatic carbocycles. The van der Waals surface area contributed by atoms with Crippen molar-refractivity contribution in [2.24, 2.45) is 0 Å². The second-order valence-electron chi connectivity index (χ2n) is 6.41. The van der Waals surface area contributed by atoms with Crippen LogP contribution in [-0.2, 0) is 14.8 Å². The summed E-state index contributed by atoms with van der Waals surface area (Å²) >= 11 is 0. The number of hydrogen-bond donors (Lipinski definition) is 0. The van der Waals surface area contributed by atoms with Gasteiger partial charge in [0.25, 0.3) is 0 Å². The Morgan fingerprint density at radius 2 is 1.96 bits per heavy atom. The summed E-state index contributed by atoms with van der Waals surface area (Å²) in [5, 5.41) is 8.57. The van der Waals surface area contributed by atoms with Crippen LogP contribution < -0.4 is 4.90 Å². The zero-order valence-corrected chi connectivity index (χ0v) is 16.1. The molecule has 1 aromatic rings. The number of hydrogen-bond acceptors (Lipinski definition) is 6. The lowest BCUT2D eigenvalue weighted by molar-refractivity contribution is 0.0502. The number of sulfonamides is 1. The number of piperidine rings is 1. The number of unbranched alkanes of at least 4 members (excludes halogenated alkanes) is 1. The van der Waals surface area contributed by atoms with Gasteiger partial charge >= 0.3 is 5.97 Å². The molecule has 1 fully saturated rings. The summed E-state index contributed by atoms with van der Waals surface area (Å²) in [5.74, 6) is -0.556. The van der Waals surface area contributed by atoms with Crippen molar-refractivity contribution in [2.75, 3.05) is 38.7 Å². The number of carbonyl (C=O) groups is 1. The summed E-state index contributed by atoms with van der Waals surface area (Å²) in [7, 11) is -0.741. The lowest BCUT2D eigenvalue weighted by atomic mass is 10.1. The topological polar surface area (TPSA) is 90.7 Å². The van der Waals surface area contributed by atoms with Gasteiger partial charge in [-0.3, -0.25) is 0 Å². The highest BCUT2D eigenvalue weighted by Gasteiger charge is 2.24. The van der Waals surface area contributed by atoms with E-state index in [1.807, 2.05) is 6.07 Å². The summed E-state index contributed by atoms with van der Waals surface area (Å²) in [6.07, 6.45) is 3.98. The predicted molar refractivity (Wildman–Crippen MR) is 98.5 cm³/mol. The molecular formula is C18H25N3O4S. The largest absolute Gasteiger partial charge is 0.462 e. The van der Waals surface area contributed by atoms with E-state index in [0.717, 1.165) is 36.7 Å². The molecule has 7 nitrogen and oxygen atoms in total. The first-order valence-electron chi connectivity index (χ1n) is 8.73. The van der Waals surface area contributed by atoms with Gasteiger partial charge in [0.2, 0.25) is 10.0 Å². The first-order chi connectivity index (χ1) is 12.4. The predicted octanol–water partition coefficient (Wildman–Crippen LogP) is 2.39. The van der Waals surface area contributed by atoms with Crippen molar-refractivity contribution in [3.8, 4) is 6.07 Å². The molecule has 142 valence electrons. The number of anilines is 1. The average molecular weight is 379 g/mol. The number of esters is 1. The number of ether oxygens (including phenoxy) is 1. The molecule has 2 rings (SSSR count). The van der Waals surface area contributed by atoms with Gasteiger partial charge in [0.1, 0.15) is 0 Å². The molecule has 0 saturated carbocycles. The second-order valence-corrected chi connectivity index (χ2v) is 8.56. The van der Waals surface area contributed by atoms with E-state index in [1.165, 1.54) is 26.2 Å². The fraction of sp³-hybridized carbons (Fsp3) is 0.556. The maximum Gasteiger partial charge on any atom is 0.340 e. The molecule has 0 radical (unpaired) electrons. The van der Waals surface area contributed by atoms with Gasteiger partial charge in [-0.05, 0) is 43.9 Å². The van der Waals surface area contributed by atoms with Crippen LogP contribution in [0.3, 0.4) is 0 Å². The fourth-order valence-corrected chi connectivity index (χ4v) is 3.78. The number of nitriles is 1. The van der Waals surface area contributed by atoms with Gasteiger partial charge in [-0.1, -0.05) is 0 Å². The van der Waals surface area contributed by atoms with Crippen molar-refractivity contribution in [3.63, 3.8) is 0 Å². The van der Waals surface area contributed by atoms with E-state index in [4.69, 9.17) is 10.00 Å². The van der Waals surface area contributed by atoms with Crippen molar-refractivity contribution >= 4 is 21.7 Å². The molecule has 8 heteroatoms. The SMILES string of the molecule is CN(C)S(=O)(=O)c1ccc(N2CCCCC2)c(C(=O)OCCCC#N)c1. The maximum absolute atomic E-state index is 12.6. The third-order valence-electron chi connectivity index (χ3n) is 4.33. The van der Waals surface area contributed by atoms with Crippen LogP contribution in [0.15, 0.2) is 23.1 Å². The van der Waals surface area contributed by atoms with E-state index < -0.39 is 16.0 Å². The van der Waals surface area contributed by atoms with Crippen LogP contribution in [0.1, 0.15) is 42.5 Å². The Kier molecular flexibility index (Phi) is 7.00. The van der Waals surface area contributed by atoms with Gasteiger partial charge in [-0.15, -0.1) is 0 Å². The van der Waals surface area contributed by atoms with Crippen LogP contribution in [0, 0.1) is 11.3 Å². The quantitative estimate of drug-likeness (QED) is 0.534. The van der Waals surface area contributed by atoms with Gasteiger partial charge < -0.3 is 9.64 Å². The summed E-state index contributed by atoms with van der Waals surface area (Å²) < 4.78 is 31.2. The zero-order chi connectivity index (χ0) is 19.2. The average Bonchev–Trinajstić information content (AvgIpc) is 2.65. The number of nitrogens with zero attached hydrogens (tertiary/aromatic N) is 3. The third kappa shape index (κ3) is 4.74. The van der Waals surface area contributed by atoms with Crippen molar-refractivity contribution in [3.05, 3.63) is 23.8 Å². The molecule has 1 heterocycles. The number of benzene rings is 1. The highest BCUT2D eigenvalue weighted by atomic mass is 32.2. The molecular weight excluding hydrogens is 354 g/mol. The van der Waals surface area contributed by atoms with Gasteiger partial charge in [0.15, 0.2) is 0 Å². The van der Waals surface area contributed by atoms with Gasteiger partial charge in [-0.2, -0.15) is 5.26 Å². The fourth-order valence-electron chi connectivity index (χ4n) is 2.85. The summed E-state index contributed by atoms with van der Waals surface area (Å²) in [6.45, 7) is 1.79. The highest BCUT2D eigenvalue weighted by Crippen LogP contribution is 2.28. The molecule has 1 aliphatic heterocycles. The molecule has 1 saturated heterocycles. The van der Waals surface area contributed by atoms with E-state index in [2.05, 4.69) is 4.90 Å². The first kappa shape index (κ1) is 20.2. The lowest BCUT2D eigenvalue weighted by Crippen LogP contribution is -2.31. The van der Waals surface area contributed by atoms with E-state index in [0.29, 0.717) is 18.5 Å². The minimum atomic E-state index is -3.65. The lowest BCUT2D eigenvalue weighted by Gasteiger charge is -2.30. The molecule has 0 bridgehead atoms. The molecule has 0 amide bonds. The Morgan fingerprint density at radius 1 is 1.27 bits per heavy atom. The van der Waals surface area contributed by atoms with Crippen LogP contribution >= 0.6 is 0 Å². The van der Waals surface area contributed by atoms with Crippen molar-refractivity contribution in [1.29, 1.82) is 5.26 Å². The van der Waals surface area contributed by atoms with Crippen LogP contribution in [0.4, 0.5) is 5.69 Å². The van der Waals surface area contributed by atoms with Crippen LogP contribution in [0.5, 0.6) is 0 Å². The van der Waals surface area contributed by atoms with Crippen molar-refractivity contribution < 1.29 is 17.9 Å². The smallest absolute Gasteiger partial charge is 0.340 e. The Balaban J connectivity index is 2.35. The van der Waals surface area contributed by atoms with Crippen molar-refractivity contribution in [2.45, 2.75) is 37.0 Å². The van der Waals surface area contributed by atoms with Crippen LogP contribution in [-0.4, -0.2) is 52.5 Å². The summed E-state index contributed by atoms with van der Waals surface area (Å²) in [5.41, 5.74) is 0.958. The van der Waals surface area contributed by atoms with Crippen LogP contribution in [0.25, 0.3) is 0 Å². The van der Waals surface area contributed by atoms with Gasteiger partial charge in [0.05, 0.1) is 28.8 Å². The van der Waals surface area contributed by atoms with E-state index in [9.17, 15) is 13.2 Å². The molecule has 0 atom stereocenters. The molecule has 0 N–H and O–H groups in total. The maximum atomic E-state index is 12.6. The Bertz CT molecular complexity index is 778. The molecule has 1 aliphatic rings. The monoisotopic (exact) mass is 379 g/mol. The number of carbonyl (C=O) groups excluding carboxylic acids is 1. The Hall–Kier alpha value is -2.11. The molecule has 0 aromatic heterocycles.